The summed E-state index contributed by atoms with van der Waals surface area (Å²) in [5.41, 5.74) is 5.48. The third-order valence-electron chi connectivity index (χ3n) is 3.23. The summed E-state index contributed by atoms with van der Waals surface area (Å²) in [6, 6.07) is 18.4. The number of nitrogens with one attached hydrogen (secondary N) is 1. The summed E-state index contributed by atoms with van der Waals surface area (Å²) in [6.07, 6.45) is 0.959. The fraction of sp³-hybridized carbons (Fsp3) is 0.294. The van der Waals surface area contributed by atoms with Gasteiger partial charge in [-0.15, -0.1) is 0 Å². The number of hydrogen-bond donors (Lipinski definition) is 1. The van der Waals surface area contributed by atoms with E-state index in [-0.39, 0.29) is 6.04 Å². The second-order valence-corrected chi connectivity index (χ2v) is 4.63. The minimum atomic E-state index is 0.185. The van der Waals surface area contributed by atoms with Crippen LogP contribution < -0.4 is 10.2 Å². The van der Waals surface area contributed by atoms with Crippen molar-refractivity contribution < 1.29 is 9.57 Å². The van der Waals surface area contributed by atoms with Gasteiger partial charge in [-0.2, -0.15) is 5.48 Å². The summed E-state index contributed by atoms with van der Waals surface area (Å²) >= 11 is 0. The third kappa shape index (κ3) is 4.08. The van der Waals surface area contributed by atoms with E-state index >= 15 is 0 Å². The van der Waals surface area contributed by atoms with Gasteiger partial charge in [0.2, 0.25) is 0 Å². The molecule has 3 heteroatoms. The lowest BCUT2D eigenvalue weighted by Crippen LogP contribution is -2.21. The molecular formula is C17H21NO2. The normalized spacial score (nSPS) is 12.1. The standard InChI is InChI=1S/C17H21NO2/c1-3-17(15-9-11-16(19-2)12-10-15)18-20-13-14-7-5-4-6-8-14/h4-12,17-18H,3,13H2,1-2H3. The van der Waals surface area contributed by atoms with Crippen LogP contribution in [0.15, 0.2) is 54.6 Å². The van der Waals surface area contributed by atoms with Crippen LogP contribution in [0.25, 0.3) is 0 Å². The van der Waals surface area contributed by atoms with Gasteiger partial charge in [0, 0.05) is 0 Å². The lowest BCUT2D eigenvalue weighted by atomic mass is 10.1. The van der Waals surface area contributed by atoms with Gasteiger partial charge >= 0.3 is 0 Å². The number of ether oxygens (including phenoxy) is 1. The zero-order chi connectivity index (χ0) is 14.2. The number of methoxy groups -OCH3 is 1. The summed E-state index contributed by atoms with van der Waals surface area (Å²) in [5, 5.41) is 0. The van der Waals surface area contributed by atoms with Crippen LogP contribution in [-0.2, 0) is 11.4 Å². The van der Waals surface area contributed by atoms with E-state index < -0.39 is 0 Å². The lowest BCUT2D eigenvalue weighted by Gasteiger charge is -2.17. The van der Waals surface area contributed by atoms with Gasteiger partial charge < -0.3 is 4.74 Å². The van der Waals surface area contributed by atoms with E-state index in [2.05, 4.69) is 36.7 Å². The Labute approximate surface area is 120 Å². The molecule has 0 aliphatic rings. The van der Waals surface area contributed by atoms with Gasteiger partial charge in [0.15, 0.2) is 0 Å². The third-order valence-corrected chi connectivity index (χ3v) is 3.23. The minimum absolute atomic E-state index is 0.185. The molecule has 0 radical (unpaired) electrons. The highest BCUT2D eigenvalue weighted by Crippen LogP contribution is 2.20. The molecule has 0 bridgehead atoms. The Kier molecular flexibility index (Phi) is 5.59. The Morgan fingerprint density at radius 2 is 1.70 bits per heavy atom. The molecule has 106 valence electrons. The predicted molar refractivity (Wildman–Crippen MR) is 80.4 cm³/mol. The second-order valence-electron chi connectivity index (χ2n) is 4.63. The van der Waals surface area contributed by atoms with Gasteiger partial charge in [-0.1, -0.05) is 49.4 Å². The van der Waals surface area contributed by atoms with Crippen molar-refractivity contribution in [3.8, 4) is 5.75 Å². The van der Waals surface area contributed by atoms with Gasteiger partial charge in [-0.3, -0.25) is 4.84 Å². The zero-order valence-electron chi connectivity index (χ0n) is 12.0. The summed E-state index contributed by atoms with van der Waals surface area (Å²) in [4.78, 5) is 5.60. The van der Waals surface area contributed by atoms with E-state index in [1.165, 1.54) is 5.56 Å². The molecule has 1 atom stereocenters. The average molecular weight is 271 g/mol. The number of benzene rings is 2. The highest BCUT2D eigenvalue weighted by Gasteiger charge is 2.09. The van der Waals surface area contributed by atoms with E-state index in [9.17, 15) is 0 Å². The monoisotopic (exact) mass is 271 g/mol. The lowest BCUT2D eigenvalue weighted by molar-refractivity contribution is 0.00202. The van der Waals surface area contributed by atoms with Crippen molar-refractivity contribution in [1.29, 1.82) is 0 Å². The van der Waals surface area contributed by atoms with E-state index in [4.69, 9.17) is 9.57 Å². The molecule has 0 fully saturated rings. The van der Waals surface area contributed by atoms with Crippen LogP contribution in [0.5, 0.6) is 5.75 Å². The van der Waals surface area contributed by atoms with Crippen LogP contribution >= 0.6 is 0 Å². The molecule has 3 nitrogen and oxygen atoms in total. The van der Waals surface area contributed by atoms with E-state index in [0.29, 0.717) is 6.61 Å². The van der Waals surface area contributed by atoms with Crippen LogP contribution in [0, 0.1) is 0 Å². The molecule has 0 heterocycles. The summed E-state index contributed by atoms with van der Waals surface area (Å²) in [7, 11) is 1.67. The van der Waals surface area contributed by atoms with Crippen molar-refractivity contribution in [3.05, 3.63) is 65.7 Å². The fourth-order valence-electron chi connectivity index (χ4n) is 2.02. The van der Waals surface area contributed by atoms with Gasteiger partial charge in [-0.25, -0.2) is 0 Å². The molecule has 2 rings (SSSR count). The fourth-order valence-corrected chi connectivity index (χ4v) is 2.02. The number of hydrogen-bond acceptors (Lipinski definition) is 3. The average Bonchev–Trinajstić information content (AvgIpc) is 2.53. The highest BCUT2D eigenvalue weighted by molar-refractivity contribution is 5.28. The van der Waals surface area contributed by atoms with Crippen molar-refractivity contribution in [2.24, 2.45) is 0 Å². The van der Waals surface area contributed by atoms with Gasteiger partial charge in [0.1, 0.15) is 5.75 Å². The molecule has 0 saturated heterocycles. The highest BCUT2D eigenvalue weighted by atomic mass is 16.6. The molecule has 0 amide bonds. The van der Waals surface area contributed by atoms with Gasteiger partial charge in [0.25, 0.3) is 0 Å². The summed E-state index contributed by atoms with van der Waals surface area (Å²) in [6.45, 7) is 2.70. The first-order chi connectivity index (χ1) is 9.83. The largest absolute Gasteiger partial charge is 0.497 e. The molecule has 0 aliphatic heterocycles. The Hall–Kier alpha value is -1.84. The molecule has 0 aliphatic carbocycles. The first-order valence-electron chi connectivity index (χ1n) is 6.88. The maximum Gasteiger partial charge on any atom is 0.118 e. The number of hydroxylamine groups is 1. The molecule has 2 aromatic rings. The first-order valence-corrected chi connectivity index (χ1v) is 6.88. The molecule has 0 spiro atoms. The Morgan fingerprint density at radius 1 is 1.00 bits per heavy atom. The maximum absolute atomic E-state index is 5.60. The minimum Gasteiger partial charge on any atom is -0.497 e. The smallest absolute Gasteiger partial charge is 0.118 e. The van der Waals surface area contributed by atoms with E-state index in [0.717, 1.165) is 17.7 Å². The van der Waals surface area contributed by atoms with E-state index in [1.807, 2.05) is 30.3 Å². The predicted octanol–water partition coefficient (Wildman–Crippen LogP) is 3.87. The zero-order valence-corrected chi connectivity index (χ0v) is 12.0. The van der Waals surface area contributed by atoms with Crippen LogP contribution in [-0.4, -0.2) is 7.11 Å². The van der Waals surface area contributed by atoms with Crippen LogP contribution in [0.4, 0.5) is 0 Å². The molecule has 1 N–H and O–H groups in total. The molecule has 0 saturated carbocycles. The summed E-state index contributed by atoms with van der Waals surface area (Å²) in [5.74, 6) is 0.869. The maximum atomic E-state index is 5.60. The van der Waals surface area contributed by atoms with Crippen molar-refractivity contribution in [2.45, 2.75) is 26.0 Å². The molecular weight excluding hydrogens is 250 g/mol. The molecule has 1 unspecified atom stereocenters. The van der Waals surface area contributed by atoms with Crippen molar-refractivity contribution >= 4 is 0 Å². The quantitative estimate of drug-likeness (QED) is 0.775. The Morgan fingerprint density at radius 3 is 2.30 bits per heavy atom. The van der Waals surface area contributed by atoms with Crippen LogP contribution in [0.1, 0.15) is 30.5 Å². The molecule has 0 aromatic heterocycles. The van der Waals surface area contributed by atoms with Crippen molar-refractivity contribution in [3.63, 3.8) is 0 Å². The Balaban J connectivity index is 1.88. The molecule has 2 aromatic carbocycles. The van der Waals surface area contributed by atoms with Crippen molar-refractivity contribution in [2.75, 3.05) is 7.11 Å². The topological polar surface area (TPSA) is 30.5 Å². The van der Waals surface area contributed by atoms with Crippen LogP contribution in [0.3, 0.4) is 0 Å². The van der Waals surface area contributed by atoms with Crippen molar-refractivity contribution in [1.82, 2.24) is 5.48 Å². The Bertz CT molecular complexity index is 496. The molecule has 20 heavy (non-hydrogen) atoms. The summed E-state index contributed by atoms with van der Waals surface area (Å²) < 4.78 is 5.17. The van der Waals surface area contributed by atoms with Gasteiger partial charge in [0.05, 0.1) is 19.8 Å². The first kappa shape index (κ1) is 14.6. The second kappa shape index (κ2) is 7.68. The van der Waals surface area contributed by atoms with Gasteiger partial charge in [-0.05, 0) is 29.7 Å². The number of rotatable bonds is 7. The van der Waals surface area contributed by atoms with E-state index in [1.54, 1.807) is 7.11 Å². The SMILES string of the molecule is CCC(NOCc1ccccc1)c1ccc(OC)cc1. The van der Waals surface area contributed by atoms with Crippen LogP contribution in [0.2, 0.25) is 0 Å².